The Kier molecular flexibility index (Phi) is 5.69. The van der Waals surface area contributed by atoms with Crippen molar-refractivity contribution in [3.63, 3.8) is 0 Å². The van der Waals surface area contributed by atoms with Gasteiger partial charge in [0, 0.05) is 12.6 Å². The van der Waals surface area contributed by atoms with Crippen molar-refractivity contribution in [1.82, 2.24) is 9.78 Å². The average Bonchev–Trinajstić information content (AvgIpc) is 2.28. The number of hydrogen-bond donors (Lipinski definition) is 1. The normalized spacial score (nSPS) is 10.8. The summed E-state index contributed by atoms with van der Waals surface area (Å²) in [6.45, 7) is 7.85. The van der Waals surface area contributed by atoms with E-state index in [9.17, 15) is 4.79 Å². The Morgan fingerprint density at radius 1 is 1.53 bits per heavy atom. The molecule has 1 aromatic rings. The van der Waals surface area contributed by atoms with E-state index in [2.05, 4.69) is 17.3 Å². The van der Waals surface area contributed by atoms with Crippen LogP contribution in [0.15, 0.2) is 17.1 Å². The van der Waals surface area contributed by atoms with E-state index in [1.165, 1.54) is 4.68 Å². The molecule has 5 nitrogen and oxygen atoms in total. The van der Waals surface area contributed by atoms with E-state index < -0.39 is 0 Å². The predicted molar refractivity (Wildman–Crippen MR) is 68.4 cm³/mol. The molecule has 0 radical (unpaired) electrons. The van der Waals surface area contributed by atoms with Crippen molar-refractivity contribution >= 4 is 5.69 Å². The zero-order valence-electron chi connectivity index (χ0n) is 10.8. The SMILES string of the molecule is CCCNc1cnn(CCOC(C)C)c(=O)c1. The molecule has 0 atom stereocenters. The standard InChI is InChI=1S/C12H21N3O2/c1-4-5-13-11-8-12(16)15(14-9-11)6-7-17-10(2)3/h8-10,13H,4-7H2,1-3H3. The van der Waals surface area contributed by atoms with Gasteiger partial charge in [0.25, 0.3) is 5.56 Å². The van der Waals surface area contributed by atoms with Gasteiger partial charge in [0.15, 0.2) is 0 Å². The maximum absolute atomic E-state index is 11.7. The summed E-state index contributed by atoms with van der Waals surface area (Å²) in [6, 6.07) is 1.57. The van der Waals surface area contributed by atoms with Crippen LogP contribution in [0.3, 0.4) is 0 Å². The number of nitrogens with zero attached hydrogens (tertiary/aromatic N) is 2. The first-order valence-electron chi connectivity index (χ1n) is 6.06. The van der Waals surface area contributed by atoms with Crippen molar-refractivity contribution in [2.24, 2.45) is 0 Å². The quantitative estimate of drug-likeness (QED) is 0.783. The van der Waals surface area contributed by atoms with Crippen LogP contribution in [0, 0.1) is 0 Å². The summed E-state index contributed by atoms with van der Waals surface area (Å²) in [7, 11) is 0. The Morgan fingerprint density at radius 3 is 2.88 bits per heavy atom. The molecule has 0 amide bonds. The monoisotopic (exact) mass is 239 g/mol. The van der Waals surface area contributed by atoms with Crippen molar-refractivity contribution in [2.75, 3.05) is 18.5 Å². The lowest BCUT2D eigenvalue weighted by molar-refractivity contribution is 0.0702. The lowest BCUT2D eigenvalue weighted by Crippen LogP contribution is -2.25. The average molecular weight is 239 g/mol. The highest BCUT2D eigenvalue weighted by Gasteiger charge is 2.00. The van der Waals surface area contributed by atoms with Gasteiger partial charge in [0.1, 0.15) is 0 Å². The first kappa shape index (κ1) is 13.7. The van der Waals surface area contributed by atoms with Crippen LogP contribution in [0.5, 0.6) is 0 Å². The van der Waals surface area contributed by atoms with E-state index in [0.29, 0.717) is 13.2 Å². The Hall–Kier alpha value is -1.36. The van der Waals surface area contributed by atoms with Gasteiger partial charge in [0.2, 0.25) is 0 Å². The molecule has 96 valence electrons. The first-order chi connectivity index (χ1) is 8.13. The van der Waals surface area contributed by atoms with E-state index in [1.807, 2.05) is 13.8 Å². The molecule has 0 unspecified atom stereocenters. The molecule has 0 spiro atoms. The van der Waals surface area contributed by atoms with Gasteiger partial charge < -0.3 is 10.1 Å². The second-order valence-corrected chi connectivity index (χ2v) is 4.15. The zero-order chi connectivity index (χ0) is 12.7. The highest BCUT2D eigenvalue weighted by atomic mass is 16.5. The van der Waals surface area contributed by atoms with E-state index in [4.69, 9.17) is 4.74 Å². The predicted octanol–water partition coefficient (Wildman–Crippen LogP) is 1.49. The third-order valence-corrected chi connectivity index (χ3v) is 2.20. The van der Waals surface area contributed by atoms with Crippen LogP contribution in [-0.4, -0.2) is 29.0 Å². The molecule has 17 heavy (non-hydrogen) atoms. The van der Waals surface area contributed by atoms with Crippen LogP contribution in [-0.2, 0) is 11.3 Å². The van der Waals surface area contributed by atoms with Gasteiger partial charge in [-0.15, -0.1) is 0 Å². The molecule has 0 aromatic carbocycles. The molecular formula is C12H21N3O2. The number of nitrogens with one attached hydrogen (secondary N) is 1. The number of ether oxygens (including phenoxy) is 1. The Morgan fingerprint density at radius 2 is 2.29 bits per heavy atom. The second-order valence-electron chi connectivity index (χ2n) is 4.15. The molecule has 5 heteroatoms. The molecule has 1 rings (SSSR count). The van der Waals surface area contributed by atoms with Gasteiger partial charge in [-0.05, 0) is 20.3 Å². The van der Waals surface area contributed by atoms with Crippen LogP contribution in [0.4, 0.5) is 5.69 Å². The summed E-state index contributed by atoms with van der Waals surface area (Å²) in [5.74, 6) is 0. The fourth-order valence-corrected chi connectivity index (χ4v) is 1.34. The summed E-state index contributed by atoms with van der Waals surface area (Å²) in [5.41, 5.74) is 0.677. The molecule has 0 bridgehead atoms. The molecular weight excluding hydrogens is 218 g/mol. The molecule has 0 saturated carbocycles. The van der Waals surface area contributed by atoms with E-state index in [0.717, 1.165) is 18.7 Å². The Balaban J connectivity index is 2.54. The maximum Gasteiger partial charge on any atom is 0.268 e. The lowest BCUT2D eigenvalue weighted by atomic mass is 10.4. The second kappa shape index (κ2) is 7.06. The van der Waals surface area contributed by atoms with Crippen LogP contribution < -0.4 is 10.9 Å². The summed E-state index contributed by atoms with van der Waals surface area (Å²) in [4.78, 5) is 11.7. The molecule has 0 saturated heterocycles. The fourth-order valence-electron chi connectivity index (χ4n) is 1.34. The lowest BCUT2D eigenvalue weighted by Gasteiger charge is -2.09. The maximum atomic E-state index is 11.7. The highest BCUT2D eigenvalue weighted by Crippen LogP contribution is 1.99. The summed E-state index contributed by atoms with van der Waals surface area (Å²) < 4.78 is 6.80. The first-order valence-corrected chi connectivity index (χ1v) is 6.06. The van der Waals surface area contributed by atoms with Gasteiger partial charge in [-0.3, -0.25) is 4.79 Å². The van der Waals surface area contributed by atoms with E-state index >= 15 is 0 Å². The van der Waals surface area contributed by atoms with Crippen molar-refractivity contribution in [1.29, 1.82) is 0 Å². The van der Waals surface area contributed by atoms with Gasteiger partial charge in [-0.25, -0.2) is 4.68 Å². The van der Waals surface area contributed by atoms with Crippen molar-refractivity contribution < 1.29 is 4.74 Å². The highest BCUT2D eigenvalue weighted by molar-refractivity contribution is 5.38. The minimum absolute atomic E-state index is 0.0986. The topological polar surface area (TPSA) is 56.1 Å². The van der Waals surface area contributed by atoms with Crippen LogP contribution >= 0.6 is 0 Å². The Labute approximate surface area is 102 Å². The molecule has 0 aliphatic carbocycles. The molecule has 0 aliphatic rings. The summed E-state index contributed by atoms with van der Waals surface area (Å²) in [5, 5.41) is 7.22. The molecule has 0 aliphatic heterocycles. The van der Waals surface area contributed by atoms with Crippen molar-refractivity contribution in [3.8, 4) is 0 Å². The summed E-state index contributed by atoms with van der Waals surface area (Å²) in [6.07, 6.45) is 2.87. The number of hydrogen-bond acceptors (Lipinski definition) is 4. The number of aromatic nitrogens is 2. The summed E-state index contributed by atoms with van der Waals surface area (Å²) >= 11 is 0. The van der Waals surface area contributed by atoms with E-state index in [1.54, 1.807) is 12.3 Å². The molecule has 1 heterocycles. The molecule has 1 aromatic heterocycles. The molecule has 0 fully saturated rings. The van der Waals surface area contributed by atoms with Crippen LogP contribution in [0.25, 0.3) is 0 Å². The van der Waals surface area contributed by atoms with Gasteiger partial charge in [-0.1, -0.05) is 6.92 Å². The number of anilines is 1. The smallest absolute Gasteiger partial charge is 0.268 e. The third kappa shape index (κ3) is 4.99. The molecule has 1 N–H and O–H groups in total. The van der Waals surface area contributed by atoms with Crippen molar-refractivity contribution in [3.05, 3.63) is 22.6 Å². The van der Waals surface area contributed by atoms with Crippen LogP contribution in [0.2, 0.25) is 0 Å². The largest absolute Gasteiger partial charge is 0.384 e. The number of rotatable bonds is 7. The third-order valence-electron chi connectivity index (χ3n) is 2.20. The zero-order valence-corrected chi connectivity index (χ0v) is 10.8. The van der Waals surface area contributed by atoms with Gasteiger partial charge in [0.05, 0.1) is 31.1 Å². The van der Waals surface area contributed by atoms with Crippen molar-refractivity contribution in [2.45, 2.75) is 39.8 Å². The minimum Gasteiger partial charge on any atom is -0.384 e. The minimum atomic E-state index is -0.0986. The van der Waals surface area contributed by atoms with Gasteiger partial charge >= 0.3 is 0 Å². The Bertz CT molecular complexity index is 388. The van der Waals surface area contributed by atoms with E-state index in [-0.39, 0.29) is 11.7 Å². The van der Waals surface area contributed by atoms with Gasteiger partial charge in [-0.2, -0.15) is 5.10 Å². The van der Waals surface area contributed by atoms with Crippen LogP contribution in [0.1, 0.15) is 27.2 Å². The fraction of sp³-hybridized carbons (Fsp3) is 0.667.